The van der Waals surface area contributed by atoms with Gasteiger partial charge in [0.1, 0.15) is 0 Å². The number of hydrogen-bond acceptors (Lipinski definition) is 4. The molecule has 2 N–H and O–H groups in total. The molecule has 184 valence electrons. The maximum Gasteiger partial charge on any atom is 0.253 e. The second-order valence-corrected chi connectivity index (χ2v) is 10.2. The summed E-state index contributed by atoms with van der Waals surface area (Å²) in [7, 11) is -3.50. The highest BCUT2D eigenvalue weighted by Gasteiger charge is 2.19. The van der Waals surface area contributed by atoms with E-state index in [1.807, 2.05) is 49.4 Å². The molecule has 7 nitrogen and oxygen atoms in total. The highest BCUT2D eigenvalue weighted by Crippen LogP contribution is 2.23. The molecule has 3 rings (SSSR count). The van der Waals surface area contributed by atoms with Crippen molar-refractivity contribution in [2.75, 3.05) is 29.0 Å². The predicted octanol–water partition coefficient (Wildman–Crippen LogP) is 4.15. The van der Waals surface area contributed by atoms with E-state index in [0.717, 1.165) is 17.4 Å². The first kappa shape index (κ1) is 26.0. The molecule has 0 aromatic heterocycles. The van der Waals surface area contributed by atoms with E-state index in [9.17, 15) is 18.0 Å². The van der Waals surface area contributed by atoms with E-state index in [-0.39, 0.29) is 24.8 Å². The fourth-order valence-corrected chi connectivity index (χ4v) is 4.78. The molecule has 8 heteroatoms. The van der Waals surface area contributed by atoms with Crippen LogP contribution in [0.5, 0.6) is 0 Å². The van der Waals surface area contributed by atoms with Gasteiger partial charge in [-0.05, 0) is 49.1 Å². The summed E-state index contributed by atoms with van der Waals surface area (Å²) in [6, 6.07) is 23.9. The molecule has 0 saturated carbocycles. The average Bonchev–Trinajstić information content (AvgIpc) is 2.83. The number of hydrogen-bond donors (Lipinski definition) is 2. The van der Waals surface area contributed by atoms with Crippen LogP contribution in [0.2, 0.25) is 0 Å². The lowest BCUT2D eigenvalue weighted by atomic mass is 10.1. The van der Waals surface area contributed by atoms with Crippen molar-refractivity contribution in [3.8, 4) is 0 Å². The molecule has 3 aromatic carbocycles. The summed E-state index contributed by atoms with van der Waals surface area (Å²) in [6.07, 6.45) is 2.31. The monoisotopic (exact) mass is 493 g/mol. The average molecular weight is 494 g/mol. The van der Waals surface area contributed by atoms with Crippen LogP contribution in [0.3, 0.4) is 0 Å². The Morgan fingerprint density at radius 2 is 1.54 bits per heavy atom. The summed E-state index contributed by atoms with van der Waals surface area (Å²) in [4.78, 5) is 25.3. The normalized spacial score (nSPS) is 11.0. The fourth-order valence-electron chi connectivity index (χ4n) is 3.75. The van der Waals surface area contributed by atoms with E-state index < -0.39 is 10.0 Å². The third-order valence-electron chi connectivity index (χ3n) is 5.54. The molecular formula is C27H31N3O4S. The van der Waals surface area contributed by atoms with E-state index in [1.54, 1.807) is 36.4 Å². The van der Waals surface area contributed by atoms with Crippen LogP contribution in [0.25, 0.3) is 0 Å². The van der Waals surface area contributed by atoms with E-state index in [1.165, 1.54) is 4.31 Å². The number of rotatable bonds is 11. The van der Waals surface area contributed by atoms with Crippen LogP contribution in [-0.4, -0.2) is 39.6 Å². The Morgan fingerprint density at radius 1 is 0.886 bits per heavy atom. The number of anilines is 2. The second kappa shape index (κ2) is 12.2. The number of sulfonamides is 1. The van der Waals surface area contributed by atoms with Crippen LogP contribution in [0.1, 0.15) is 34.3 Å². The molecule has 35 heavy (non-hydrogen) atoms. The van der Waals surface area contributed by atoms with Gasteiger partial charge in [-0.2, -0.15) is 0 Å². The van der Waals surface area contributed by atoms with Gasteiger partial charge in [0.2, 0.25) is 15.9 Å². The van der Waals surface area contributed by atoms with Crippen molar-refractivity contribution >= 4 is 33.2 Å². The van der Waals surface area contributed by atoms with Gasteiger partial charge in [-0.25, -0.2) is 8.42 Å². The van der Waals surface area contributed by atoms with Gasteiger partial charge < -0.3 is 10.6 Å². The third kappa shape index (κ3) is 7.68. The lowest BCUT2D eigenvalue weighted by Gasteiger charge is -2.24. The van der Waals surface area contributed by atoms with Gasteiger partial charge in [-0.3, -0.25) is 13.9 Å². The van der Waals surface area contributed by atoms with Crippen LogP contribution in [0.4, 0.5) is 11.4 Å². The molecule has 0 bridgehead atoms. The molecule has 0 aliphatic rings. The molecule has 0 radical (unpaired) electrons. The Morgan fingerprint density at radius 3 is 2.26 bits per heavy atom. The Labute approximate surface area is 207 Å². The van der Waals surface area contributed by atoms with E-state index in [2.05, 4.69) is 10.6 Å². The molecule has 0 saturated heterocycles. The zero-order valence-electron chi connectivity index (χ0n) is 20.0. The molecule has 3 aromatic rings. The van der Waals surface area contributed by atoms with Gasteiger partial charge in [-0.1, -0.05) is 60.7 Å². The molecule has 0 aliphatic heterocycles. The van der Waals surface area contributed by atoms with Crippen molar-refractivity contribution in [1.29, 1.82) is 0 Å². The predicted molar refractivity (Wildman–Crippen MR) is 140 cm³/mol. The Hall–Kier alpha value is -3.65. The summed E-state index contributed by atoms with van der Waals surface area (Å²) in [5.74, 6) is -0.549. The van der Waals surface area contributed by atoms with Crippen molar-refractivity contribution in [3.63, 3.8) is 0 Å². The molecule has 0 aliphatic carbocycles. The maximum absolute atomic E-state index is 12.7. The van der Waals surface area contributed by atoms with Crippen LogP contribution >= 0.6 is 0 Å². The van der Waals surface area contributed by atoms with Gasteiger partial charge in [0.15, 0.2) is 0 Å². The Bertz CT molecular complexity index is 1260. The zero-order valence-corrected chi connectivity index (χ0v) is 20.8. The summed E-state index contributed by atoms with van der Waals surface area (Å²) in [5, 5.41) is 5.69. The van der Waals surface area contributed by atoms with Crippen molar-refractivity contribution in [2.45, 2.75) is 26.2 Å². The van der Waals surface area contributed by atoms with Crippen molar-refractivity contribution in [3.05, 3.63) is 95.6 Å². The summed E-state index contributed by atoms with van der Waals surface area (Å²) >= 11 is 0. The van der Waals surface area contributed by atoms with Crippen LogP contribution in [0, 0.1) is 6.92 Å². The topological polar surface area (TPSA) is 95.6 Å². The van der Waals surface area contributed by atoms with E-state index in [4.69, 9.17) is 0 Å². The molecule has 2 amide bonds. The SMILES string of the molecule is Cc1ccccc1N(CCCC(=O)Nc1ccccc1C(=O)NCCc1ccccc1)S(C)(=O)=O. The number of para-hydroxylation sites is 2. The first-order chi connectivity index (χ1) is 16.8. The van der Waals surface area contributed by atoms with Gasteiger partial charge in [0.25, 0.3) is 5.91 Å². The standard InChI is InChI=1S/C27H31N3O4S/c1-21-11-6-9-16-25(21)30(35(2,33)34)20-10-17-26(31)29-24-15-8-7-14-23(24)27(32)28-19-18-22-12-4-3-5-13-22/h3-9,11-16H,10,17-20H2,1-2H3,(H,28,32)(H,29,31). The number of aryl methyl sites for hydroxylation is 1. The molecule has 0 atom stereocenters. The largest absolute Gasteiger partial charge is 0.352 e. The third-order valence-corrected chi connectivity index (χ3v) is 6.72. The highest BCUT2D eigenvalue weighted by molar-refractivity contribution is 7.92. The van der Waals surface area contributed by atoms with Crippen LogP contribution in [0.15, 0.2) is 78.9 Å². The molecule has 0 spiro atoms. The minimum absolute atomic E-state index is 0.113. The summed E-state index contributed by atoms with van der Waals surface area (Å²) in [5.41, 5.74) is 3.38. The minimum Gasteiger partial charge on any atom is -0.352 e. The van der Waals surface area contributed by atoms with Crippen molar-refractivity contribution in [1.82, 2.24) is 5.32 Å². The summed E-state index contributed by atoms with van der Waals surface area (Å²) in [6.45, 7) is 2.51. The number of nitrogens with one attached hydrogen (secondary N) is 2. The number of benzene rings is 3. The van der Waals surface area contributed by atoms with Gasteiger partial charge >= 0.3 is 0 Å². The minimum atomic E-state index is -3.50. The van der Waals surface area contributed by atoms with E-state index >= 15 is 0 Å². The zero-order chi connectivity index (χ0) is 25.3. The summed E-state index contributed by atoms with van der Waals surface area (Å²) < 4.78 is 26.0. The quantitative estimate of drug-likeness (QED) is 0.419. The van der Waals surface area contributed by atoms with Crippen molar-refractivity contribution in [2.24, 2.45) is 0 Å². The smallest absolute Gasteiger partial charge is 0.253 e. The molecule has 0 heterocycles. The van der Waals surface area contributed by atoms with Gasteiger partial charge in [0.05, 0.1) is 23.2 Å². The Balaban J connectivity index is 1.56. The second-order valence-electron chi connectivity index (χ2n) is 8.31. The molecule has 0 unspecified atom stereocenters. The number of carbonyl (C=O) groups excluding carboxylic acids is 2. The fraction of sp³-hybridized carbons (Fsp3) is 0.259. The first-order valence-electron chi connectivity index (χ1n) is 11.5. The Kier molecular flexibility index (Phi) is 9.03. The molecular weight excluding hydrogens is 462 g/mol. The maximum atomic E-state index is 12.7. The molecule has 0 fully saturated rings. The lowest BCUT2D eigenvalue weighted by Crippen LogP contribution is -2.32. The van der Waals surface area contributed by atoms with Crippen LogP contribution in [-0.2, 0) is 21.2 Å². The van der Waals surface area contributed by atoms with E-state index in [0.29, 0.717) is 36.3 Å². The lowest BCUT2D eigenvalue weighted by molar-refractivity contribution is -0.116. The first-order valence-corrected chi connectivity index (χ1v) is 13.3. The van der Waals surface area contributed by atoms with Crippen molar-refractivity contribution < 1.29 is 18.0 Å². The van der Waals surface area contributed by atoms with Crippen LogP contribution < -0.4 is 14.9 Å². The number of nitrogens with zero attached hydrogens (tertiary/aromatic N) is 1. The van der Waals surface area contributed by atoms with Gasteiger partial charge in [0, 0.05) is 19.5 Å². The van der Waals surface area contributed by atoms with Gasteiger partial charge in [-0.15, -0.1) is 0 Å². The highest BCUT2D eigenvalue weighted by atomic mass is 32.2. The number of carbonyl (C=O) groups is 2. The number of amides is 2.